The minimum Gasteiger partial charge on any atom is -0.323 e. The number of aryl methyl sites for hydroxylation is 1. The van der Waals surface area contributed by atoms with E-state index < -0.39 is 0 Å². The molecule has 6 heteroatoms. The fourth-order valence-corrected chi connectivity index (χ4v) is 2.69. The van der Waals surface area contributed by atoms with E-state index in [2.05, 4.69) is 15.0 Å². The van der Waals surface area contributed by atoms with E-state index in [-0.39, 0.29) is 5.82 Å². The van der Waals surface area contributed by atoms with Gasteiger partial charge in [-0.1, -0.05) is 12.1 Å². The summed E-state index contributed by atoms with van der Waals surface area (Å²) >= 11 is 0. The first-order valence-corrected chi connectivity index (χ1v) is 7.26. The molecule has 0 bridgehead atoms. The second-order valence-corrected chi connectivity index (χ2v) is 5.32. The first-order valence-electron chi connectivity index (χ1n) is 7.26. The van der Waals surface area contributed by atoms with Crippen LogP contribution in [0.15, 0.2) is 55.0 Å². The van der Waals surface area contributed by atoms with Gasteiger partial charge < -0.3 is 9.13 Å². The number of nitrogens with zero attached hydrogens (tertiary/aromatic N) is 5. The molecule has 3 aromatic heterocycles. The highest BCUT2D eigenvalue weighted by molar-refractivity contribution is 5.71. The van der Waals surface area contributed by atoms with Gasteiger partial charge >= 0.3 is 0 Å². The quantitative estimate of drug-likeness (QED) is 0.584. The minimum atomic E-state index is -0.274. The van der Waals surface area contributed by atoms with Gasteiger partial charge in [0.2, 0.25) is 0 Å². The fraction of sp³-hybridized carbons (Fsp3) is 0.118. The second kappa shape index (κ2) is 5.31. The Morgan fingerprint density at radius 1 is 1.09 bits per heavy atom. The summed E-state index contributed by atoms with van der Waals surface area (Å²) in [5, 5.41) is 0. The number of pyridine rings is 1. The monoisotopic (exact) mass is 307 g/mol. The fourth-order valence-electron chi connectivity index (χ4n) is 2.69. The summed E-state index contributed by atoms with van der Waals surface area (Å²) in [4.78, 5) is 13.3. The molecule has 0 saturated heterocycles. The summed E-state index contributed by atoms with van der Waals surface area (Å²) in [6.45, 7) is 0.540. The molecule has 0 saturated carbocycles. The van der Waals surface area contributed by atoms with Crippen LogP contribution in [-0.4, -0.2) is 24.1 Å². The van der Waals surface area contributed by atoms with Gasteiger partial charge in [-0.25, -0.2) is 19.3 Å². The number of halogens is 1. The van der Waals surface area contributed by atoms with Gasteiger partial charge in [0.05, 0.1) is 6.54 Å². The van der Waals surface area contributed by atoms with Crippen molar-refractivity contribution in [2.24, 2.45) is 7.05 Å². The highest BCUT2D eigenvalue weighted by Crippen LogP contribution is 2.20. The number of rotatable bonds is 3. The Kier molecular flexibility index (Phi) is 3.15. The SMILES string of the molecule is Cn1c(Cn2ccnc2-c2cccc(F)c2)nc2cccnc21. The predicted molar refractivity (Wildman–Crippen MR) is 85.2 cm³/mol. The Labute approximate surface area is 132 Å². The smallest absolute Gasteiger partial charge is 0.159 e. The summed E-state index contributed by atoms with van der Waals surface area (Å²) < 4.78 is 17.4. The van der Waals surface area contributed by atoms with Crippen molar-refractivity contribution in [1.82, 2.24) is 24.1 Å². The van der Waals surface area contributed by atoms with Gasteiger partial charge in [0, 0.05) is 31.2 Å². The van der Waals surface area contributed by atoms with Crippen molar-refractivity contribution in [2.45, 2.75) is 6.54 Å². The van der Waals surface area contributed by atoms with Crippen LogP contribution in [0.1, 0.15) is 5.82 Å². The Hall–Kier alpha value is -3.02. The molecule has 0 spiro atoms. The molecule has 0 radical (unpaired) electrons. The zero-order valence-electron chi connectivity index (χ0n) is 12.5. The zero-order chi connectivity index (χ0) is 15.8. The van der Waals surface area contributed by atoms with E-state index in [0.717, 1.165) is 22.6 Å². The van der Waals surface area contributed by atoms with Gasteiger partial charge in [0.1, 0.15) is 23.0 Å². The highest BCUT2D eigenvalue weighted by atomic mass is 19.1. The van der Waals surface area contributed by atoms with Crippen LogP contribution in [0.25, 0.3) is 22.6 Å². The Morgan fingerprint density at radius 2 is 2.00 bits per heavy atom. The molecule has 3 heterocycles. The molecule has 5 nitrogen and oxygen atoms in total. The van der Waals surface area contributed by atoms with Crippen LogP contribution in [-0.2, 0) is 13.6 Å². The molecular weight excluding hydrogens is 293 g/mol. The van der Waals surface area contributed by atoms with E-state index in [0.29, 0.717) is 12.4 Å². The maximum atomic E-state index is 13.5. The molecule has 0 aliphatic carbocycles. The van der Waals surface area contributed by atoms with Crippen LogP contribution in [0.3, 0.4) is 0 Å². The number of hydrogen-bond donors (Lipinski definition) is 0. The molecule has 0 aliphatic rings. The summed E-state index contributed by atoms with van der Waals surface area (Å²) in [7, 11) is 1.94. The Morgan fingerprint density at radius 3 is 2.83 bits per heavy atom. The lowest BCUT2D eigenvalue weighted by Crippen LogP contribution is -2.07. The predicted octanol–water partition coefficient (Wildman–Crippen LogP) is 3.02. The number of aromatic nitrogens is 5. The summed E-state index contributed by atoms with van der Waals surface area (Å²) in [6.07, 6.45) is 5.33. The summed E-state index contributed by atoms with van der Waals surface area (Å²) in [5.41, 5.74) is 2.44. The lowest BCUT2D eigenvalue weighted by atomic mass is 10.2. The molecule has 4 aromatic rings. The van der Waals surface area contributed by atoms with Crippen molar-refractivity contribution in [1.29, 1.82) is 0 Å². The lowest BCUT2D eigenvalue weighted by Gasteiger charge is -2.08. The second-order valence-electron chi connectivity index (χ2n) is 5.32. The number of hydrogen-bond acceptors (Lipinski definition) is 3. The van der Waals surface area contributed by atoms with Gasteiger partial charge in [-0.15, -0.1) is 0 Å². The van der Waals surface area contributed by atoms with Crippen LogP contribution in [0.4, 0.5) is 4.39 Å². The minimum absolute atomic E-state index is 0.274. The molecule has 23 heavy (non-hydrogen) atoms. The average Bonchev–Trinajstić information content (AvgIpc) is 3.14. The first kappa shape index (κ1) is 13.6. The number of benzene rings is 1. The normalized spacial score (nSPS) is 11.2. The van der Waals surface area contributed by atoms with Gasteiger partial charge in [-0.3, -0.25) is 0 Å². The third-order valence-electron chi connectivity index (χ3n) is 3.83. The van der Waals surface area contributed by atoms with Crippen LogP contribution in [0, 0.1) is 5.82 Å². The number of fused-ring (bicyclic) bond motifs is 1. The van der Waals surface area contributed by atoms with E-state index in [1.165, 1.54) is 12.1 Å². The molecule has 4 rings (SSSR count). The molecular formula is C17H14FN5. The molecule has 1 aromatic carbocycles. The van der Waals surface area contributed by atoms with Gasteiger partial charge in [-0.05, 0) is 24.3 Å². The van der Waals surface area contributed by atoms with Crippen LogP contribution in [0.5, 0.6) is 0 Å². The first-order chi connectivity index (χ1) is 11.2. The van der Waals surface area contributed by atoms with E-state index in [9.17, 15) is 4.39 Å². The largest absolute Gasteiger partial charge is 0.323 e. The molecule has 0 aliphatic heterocycles. The van der Waals surface area contributed by atoms with Gasteiger partial charge in [0.15, 0.2) is 5.65 Å². The summed E-state index contributed by atoms with van der Waals surface area (Å²) in [6, 6.07) is 10.2. The Balaban J connectivity index is 1.75. The van der Waals surface area contributed by atoms with Crippen LogP contribution >= 0.6 is 0 Å². The average molecular weight is 307 g/mol. The Bertz CT molecular complexity index is 985. The van der Waals surface area contributed by atoms with E-state index in [1.807, 2.05) is 40.6 Å². The molecule has 0 amide bonds. The molecule has 114 valence electrons. The van der Waals surface area contributed by atoms with Crippen molar-refractivity contribution >= 4 is 11.2 Å². The molecule has 0 unspecified atom stereocenters. The van der Waals surface area contributed by atoms with Crippen molar-refractivity contribution in [3.63, 3.8) is 0 Å². The van der Waals surface area contributed by atoms with Gasteiger partial charge in [0.25, 0.3) is 0 Å². The van der Waals surface area contributed by atoms with Crippen LogP contribution < -0.4 is 0 Å². The third kappa shape index (κ3) is 2.38. The zero-order valence-corrected chi connectivity index (χ0v) is 12.5. The van der Waals surface area contributed by atoms with Crippen molar-refractivity contribution in [2.75, 3.05) is 0 Å². The lowest BCUT2D eigenvalue weighted by molar-refractivity contribution is 0.627. The molecule has 0 atom stereocenters. The maximum absolute atomic E-state index is 13.5. The summed E-state index contributed by atoms with van der Waals surface area (Å²) in [5.74, 6) is 1.31. The molecule has 0 fully saturated rings. The van der Waals surface area contributed by atoms with Gasteiger partial charge in [-0.2, -0.15) is 0 Å². The standard InChI is InChI=1S/C17H14FN5/c1-22-15(21-14-6-3-7-19-17(14)22)11-23-9-8-20-16(23)12-4-2-5-13(18)10-12/h2-10H,11H2,1H3. The third-order valence-corrected chi connectivity index (χ3v) is 3.83. The number of imidazole rings is 2. The topological polar surface area (TPSA) is 48.5 Å². The van der Waals surface area contributed by atoms with E-state index >= 15 is 0 Å². The van der Waals surface area contributed by atoms with Crippen LogP contribution in [0.2, 0.25) is 0 Å². The van der Waals surface area contributed by atoms with Crippen molar-refractivity contribution in [3.8, 4) is 11.4 Å². The van der Waals surface area contributed by atoms with Crippen molar-refractivity contribution < 1.29 is 4.39 Å². The van der Waals surface area contributed by atoms with E-state index in [4.69, 9.17) is 0 Å². The maximum Gasteiger partial charge on any atom is 0.159 e. The van der Waals surface area contributed by atoms with Crippen molar-refractivity contribution in [3.05, 3.63) is 66.6 Å². The molecule has 0 N–H and O–H groups in total. The van der Waals surface area contributed by atoms with E-state index in [1.54, 1.807) is 18.5 Å². The highest BCUT2D eigenvalue weighted by Gasteiger charge is 2.12.